The van der Waals surface area contributed by atoms with Gasteiger partial charge >= 0.3 is 0 Å². The van der Waals surface area contributed by atoms with Crippen LogP contribution in [-0.4, -0.2) is 44.2 Å². The van der Waals surface area contributed by atoms with E-state index in [1.807, 2.05) is 48.2 Å². The summed E-state index contributed by atoms with van der Waals surface area (Å²) in [6.45, 7) is 3.04. The van der Waals surface area contributed by atoms with Crippen molar-refractivity contribution in [2.45, 2.75) is 19.1 Å². The van der Waals surface area contributed by atoms with E-state index >= 15 is 0 Å². The van der Waals surface area contributed by atoms with Gasteiger partial charge in [0.15, 0.2) is 0 Å². The Morgan fingerprint density at radius 2 is 1.68 bits per heavy atom. The van der Waals surface area contributed by atoms with E-state index in [-0.39, 0.29) is 18.1 Å². The first-order valence-electron chi connectivity index (χ1n) is 8.36. The van der Waals surface area contributed by atoms with Crippen molar-refractivity contribution < 1.29 is 19.0 Å². The summed E-state index contributed by atoms with van der Waals surface area (Å²) >= 11 is 0. The number of hydrogen-bond acceptors (Lipinski definition) is 4. The predicted octanol–water partition coefficient (Wildman–Crippen LogP) is 3.31. The van der Waals surface area contributed by atoms with Crippen molar-refractivity contribution in [3.05, 3.63) is 59.7 Å². The molecule has 1 aliphatic heterocycles. The van der Waals surface area contributed by atoms with E-state index in [1.165, 1.54) is 0 Å². The van der Waals surface area contributed by atoms with Crippen molar-refractivity contribution in [3.8, 4) is 11.5 Å². The summed E-state index contributed by atoms with van der Waals surface area (Å²) in [4.78, 5) is 15.1. The minimum Gasteiger partial charge on any atom is -0.496 e. The maximum atomic E-state index is 13.3. The van der Waals surface area contributed by atoms with Crippen LogP contribution in [0.3, 0.4) is 0 Å². The molecule has 2 unspecified atom stereocenters. The van der Waals surface area contributed by atoms with Crippen LogP contribution in [0.1, 0.15) is 28.9 Å². The van der Waals surface area contributed by atoms with Crippen LogP contribution in [0.4, 0.5) is 0 Å². The second kappa shape index (κ2) is 7.57. The average Bonchev–Trinajstić information content (AvgIpc) is 2.67. The van der Waals surface area contributed by atoms with Crippen molar-refractivity contribution in [1.82, 2.24) is 4.90 Å². The molecule has 3 rings (SSSR count). The van der Waals surface area contributed by atoms with E-state index in [0.29, 0.717) is 30.2 Å². The molecule has 1 heterocycles. The molecule has 2 atom stereocenters. The predicted molar refractivity (Wildman–Crippen MR) is 95.2 cm³/mol. The molecule has 1 amide bonds. The van der Waals surface area contributed by atoms with E-state index < -0.39 is 0 Å². The monoisotopic (exact) mass is 341 g/mol. The van der Waals surface area contributed by atoms with E-state index in [0.717, 1.165) is 5.56 Å². The molecule has 2 aromatic rings. The van der Waals surface area contributed by atoms with Gasteiger partial charge in [-0.05, 0) is 24.6 Å². The number of carbonyl (C=O) groups is 1. The lowest BCUT2D eigenvalue weighted by Gasteiger charge is -2.39. The second-order valence-electron chi connectivity index (χ2n) is 5.98. The lowest BCUT2D eigenvalue weighted by atomic mass is 9.99. The van der Waals surface area contributed by atoms with Crippen molar-refractivity contribution in [2.75, 3.05) is 27.4 Å². The third-order valence-electron chi connectivity index (χ3n) is 4.59. The molecule has 5 nitrogen and oxygen atoms in total. The van der Waals surface area contributed by atoms with Gasteiger partial charge in [-0.2, -0.15) is 0 Å². The first-order chi connectivity index (χ1) is 12.2. The van der Waals surface area contributed by atoms with Crippen molar-refractivity contribution in [3.63, 3.8) is 0 Å². The Kier molecular flexibility index (Phi) is 5.24. The van der Waals surface area contributed by atoms with Gasteiger partial charge in [0, 0.05) is 6.54 Å². The number of methoxy groups -OCH3 is 2. The Bertz CT molecular complexity index is 709. The molecule has 25 heavy (non-hydrogen) atoms. The van der Waals surface area contributed by atoms with Crippen LogP contribution in [0.2, 0.25) is 0 Å². The van der Waals surface area contributed by atoms with Gasteiger partial charge in [-0.25, -0.2) is 0 Å². The topological polar surface area (TPSA) is 48.0 Å². The third kappa shape index (κ3) is 3.33. The van der Waals surface area contributed by atoms with Gasteiger partial charge < -0.3 is 19.1 Å². The first-order valence-corrected chi connectivity index (χ1v) is 8.36. The molecular formula is C20H23NO4. The number of morpholine rings is 1. The van der Waals surface area contributed by atoms with E-state index in [4.69, 9.17) is 14.2 Å². The van der Waals surface area contributed by atoms with Crippen LogP contribution in [0.5, 0.6) is 11.5 Å². The van der Waals surface area contributed by atoms with Crippen LogP contribution < -0.4 is 9.47 Å². The zero-order chi connectivity index (χ0) is 17.8. The highest BCUT2D eigenvalue weighted by molar-refractivity contribution is 6.00. The minimum absolute atomic E-state index is 0.0988. The van der Waals surface area contributed by atoms with E-state index in [9.17, 15) is 4.79 Å². The van der Waals surface area contributed by atoms with Gasteiger partial charge in [0.2, 0.25) is 0 Å². The first kappa shape index (κ1) is 17.3. The molecule has 0 radical (unpaired) electrons. The van der Waals surface area contributed by atoms with Gasteiger partial charge in [0.1, 0.15) is 23.2 Å². The molecule has 1 saturated heterocycles. The number of carbonyl (C=O) groups excluding carboxylic acids is 1. The summed E-state index contributed by atoms with van der Waals surface area (Å²) in [5.41, 5.74) is 1.52. The molecule has 5 heteroatoms. The molecule has 0 spiro atoms. The average molecular weight is 341 g/mol. The Hall–Kier alpha value is -2.53. The van der Waals surface area contributed by atoms with Gasteiger partial charge in [0.05, 0.1) is 26.9 Å². The Labute approximate surface area is 148 Å². The van der Waals surface area contributed by atoms with Crippen LogP contribution >= 0.6 is 0 Å². The number of rotatable bonds is 4. The van der Waals surface area contributed by atoms with Crippen molar-refractivity contribution in [2.24, 2.45) is 0 Å². The standard InChI is InChI=1S/C20H23NO4/c1-14-19(15-8-5-4-6-9-15)25-13-12-21(14)20(22)18-16(23-2)10-7-11-17(18)24-3/h4-11,14,19H,12-13H2,1-3H3. The summed E-state index contributed by atoms with van der Waals surface area (Å²) in [5, 5.41) is 0. The number of benzene rings is 2. The van der Waals surface area contributed by atoms with Gasteiger partial charge in [-0.15, -0.1) is 0 Å². The zero-order valence-electron chi connectivity index (χ0n) is 14.8. The zero-order valence-corrected chi connectivity index (χ0v) is 14.8. The summed E-state index contributed by atoms with van der Waals surface area (Å²) in [6, 6.07) is 15.2. The smallest absolute Gasteiger partial charge is 0.261 e. The number of hydrogen-bond donors (Lipinski definition) is 0. The van der Waals surface area contributed by atoms with E-state index in [1.54, 1.807) is 26.4 Å². The summed E-state index contributed by atoms with van der Waals surface area (Å²) in [6.07, 6.45) is -0.153. The summed E-state index contributed by atoms with van der Waals surface area (Å²) in [7, 11) is 3.11. The van der Waals surface area contributed by atoms with Crippen LogP contribution in [0.15, 0.2) is 48.5 Å². The summed E-state index contributed by atoms with van der Waals surface area (Å²) in [5.74, 6) is 0.921. The lowest BCUT2D eigenvalue weighted by Crippen LogP contribution is -2.48. The molecule has 0 aliphatic carbocycles. The van der Waals surface area contributed by atoms with Gasteiger partial charge in [-0.1, -0.05) is 36.4 Å². The van der Waals surface area contributed by atoms with Crippen molar-refractivity contribution in [1.29, 1.82) is 0 Å². The molecule has 0 bridgehead atoms. The second-order valence-corrected chi connectivity index (χ2v) is 5.98. The van der Waals surface area contributed by atoms with Crippen LogP contribution in [0.25, 0.3) is 0 Å². The molecule has 1 aliphatic rings. The normalized spacial score (nSPS) is 20.2. The Balaban J connectivity index is 1.92. The molecule has 0 N–H and O–H groups in total. The minimum atomic E-state index is -0.153. The molecule has 1 fully saturated rings. The van der Waals surface area contributed by atoms with Crippen molar-refractivity contribution >= 4 is 5.91 Å². The Morgan fingerprint density at radius 3 is 2.28 bits per heavy atom. The Morgan fingerprint density at radius 1 is 1.04 bits per heavy atom. The highest BCUT2D eigenvalue weighted by Gasteiger charge is 2.35. The van der Waals surface area contributed by atoms with Crippen LogP contribution in [-0.2, 0) is 4.74 Å². The molecule has 2 aromatic carbocycles. The number of ether oxygens (including phenoxy) is 3. The molecule has 0 aromatic heterocycles. The quantitative estimate of drug-likeness (QED) is 0.856. The van der Waals surface area contributed by atoms with E-state index in [2.05, 4.69) is 0 Å². The SMILES string of the molecule is COc1cccc(OC)c1C(=O)N1CCOC(c2ccccc2)C1C. The third-order valence-corrected chi connectivity index (χ3v) is 4.59. The summed E-state index contributed by atoms with van der Waals surface area (Å²) < 4.78 is 16.7. The maximum Gasteiger partial charge on any atom is 0.261 e. The fourth-order valence-electron chi connectivity index (χ4n) is 3.29. The largest absolute Gasteiger partial charge is 0.496 e. The molecule has 0 saturated carbocycles. The molecular weight excluding hydrogens is 318 g/mol. The lowest BCUT2D eigenvalue weighted by molar-refractivity contribution is -0.0553. The fourth-order valence-corrected chi connectivity index (χ4v) is 3.29. The highest BCUT2D eigenvalue weighted by atomic mass is 16.5. The molecule has 132 valence electrons. The maximum absolute atomic E-state index is 13.3. The number of nitrogens with zero attached hydrogens (tertiary/aromatic N) is 1. The fraction of sp³-hybridized carbons (Fsp3) is 0.350. The number of amides is 1. The van der Waals surface area contributed by atoms with Crippen LogP contribution in [0, 0.1) is 0 Å². The van der Waals surface area contributed by atoms with Gasteiger partial charge in [0.25, 0.3) is 5.91 Å². The van der Waals surface area contributed by atoms with Gasteiger partial charge in [-0.3, -0.25) is 4.79 Å². The highest BCUT2D eigenvalue weighted by Crippen LogP contribution is 2.34.